The molecule has 0 spiro atoms. The molecule has 2 nitrogen and oxygen atoms in total. The zero-order chi connectivity index (χ0) is 8.27. The average molecular weight is 171 g/mol. The molecule has 0 bridgehead atoms. The number of aromatic nitrogens is 1. The number of nitrogens with zero attached hydrogens (tertiary/aromatic N) is 1. The molecule has 60 valence electrons. The highest BCUT2D eigenvalue weighted by molar-refractivity contribution is 6.30. The Hall–Kier alpha value is -0.600. The molecule has 1 atom stereocenters. The van der Waals surface area contributed by atoms with Gasteiger partial charge in [-0.15, -0.1) is 0 Å². The lowest BCUT2D eigenvalue weighted by atomic mass is 10.2. The van der Waals surface area contributed by atoms with Crippen LogP contribution in [0.4, 0.5) is 0 Å². The van der Waals surface area contributed by atoms with Crippen LogP contribution in [0.15, 0.2) is 18.3 Å². The van der Waals surface area contributed by atoms with Crippen molar-refractivity contribution in [3.8, 4) is 0 Å². The van der Waals surface area contributed by atoms with E-state index in [0.717, 1.165) is 12.1 Å². The van der Waals surface area contributed by atoms with Crippen LogP contribution < -0.4 is 5.73 Å². The standard InChI is InChI=1S/C8H11ClN2/c1-6(10)4-8-3-2-7(9)5-11-8/h2-3,5-6H,4,10H2,1H3/t6-/m1/s1. The highest BCUT2D eigenvalue weighted by Crippen LogP contribution is 2.06. The molecule has 1 heterocycles. The van der Waals surface area contributed by atoms with E-state index in [1.165, 1.54) is 0 Å². The molecule has 3 heteroatoms. The van der Waals surface area contributed by atoms with Crippen molar-refractivity contribution in [3.05, 3.63) is 29.0 Å². The number of halogens is 1. The summed E-state index contributed by atoms with van der Waals surface area (Å²) < 4.78 is 0. The van der Waals surface area contributed by atoms with Gasteiger partial charge in [-0.1, -0.05) is 11.6 Å². The summed E-state index contributed by atoms with van der Waals surface area (Å²) in [5.74, 6) is 0. The van der Waals surface area contributed by atoms with Gasteiger partial charge in [0.1, 0.15) is 0 Å². The summed E-state index contributed by atoms with van der Waals surface area (Å²) in [5.41, 5.74) is 6.58. The molecule has 0 fully saturated rings. The quantitative estimate of drug-likeness (QED) is 0.733. The number of nitrogens with two attached hydrogens (primary N) is 1. The van der Waals surface area contributed by atoms with Gasteiger partial charge in [0.05, 0.1) is 5.02 Å². The van der Waals surface area contributed by atoms with Crippen LogP contribution in [0, 0.1) is 0 Å². The minimum atomic E-state index is 0.156. The minimum absolute atomic E-state index is 0.156. The molecule has 0 aromatic carbocycles. The monoisotopic (exact) mass is 170 g/mol. The van der Waals surface area contributed by atoms with Crippen molar-refractivity contribution in [3.63, 3.8) is 0 Å². The second kappa shape index (κ2) is 3.69. The molecular formula is C8H11ClN2. The van der Waals surface area contributed by atoms with Crippen LogP contribution in [0.2, 0.25) is 5.02 Å². The van der Waals surface area contributed by atoms with E-state index in [2.05, 4.69) is 4.98 Å². The second-order valence-corrected chi connectivity index (χ2v) is 3.09. The fourth-order valence-electron chi connectivity index (χ4n) is 0.857. The summed E-state index contributed by atoms with van der Waals surface area (Å²) in [6, 6.07) is 3.88. The molecule has 1 aromatic heterocycles. The molecule has 1 aromatic rings. The largest absolute Gasteiger partial charge is 0.328 e. The van der Waals surface area contributed by atoms with Crippen LogP contribution in [0.25, 0.3) is 0 Å². The summed E-state index contributed by atoms with van der Waals surface area (Å²) in [4.78, 5) is 4.11. The van der Waals surface area contributed by atoms with E-state index in [4.69, 9.17) is 17.3 Å². The Bertz CT molecular complexity index is 218. The van der Waals surface area contributed by atoms with E-state index in [1.54, 1.807) is 6.20 Å². The first kappa shape index (κ1) is 8.50. The van der Waals surface area contributed by atoms with Crippen molar-refractivity contribution in [2.75, 3.05) is 0 Å². The minimum Gasteiger partial charge on any atom is -0.328 e. The smallest absolute Gasteiger partial charge is 0.0589 e. The van der Waals surface area contributed by atoms with Crippen LogP contribution in [0.5, 0.6) is 0 Å². The number of pyridine rings is 1. The lowest BCUT2D eigenvalue weighted by Crippen LogP contribution is -2.18. The number of hydrogen-bond donors (Lipinski definition) is 1. The van der Waals surface area contributed by atoms with Gasteiger partial charge >= 0.3 is 0 Å². The van der Waals surface area contributed by atoms with Gasteiger partial charge in [0.25, 0.3) is 0 Å². The molecule has 0 amide bonds. The first-order valence-electron chi connectivity index (χ1n) is 3.54. The molecule has 11 heavy (non-hydrogen) atoms. The Morgan fingerprint density at radius 3 is 2.82 bits per heavy atom. The first-order valence-corrected chi connectivity index (χ1v) is 3.92. The predicted molar refractivity (Wildman–Crippen MR) is 46.6 cm³/mol. The van der Waals surface area contributed by atoms with Crippen molar-refractivity contribution >= 4 is 11.6 Å². The van der Waals surface area contributed by atoms with Gasteiger partial charge in [0, 0.05) is 24.4 Å². The maximum Gasteiger partial charge on any atom is 0.0589 e. The Morgan fingerprint density at radius 2 is 2.36 bits per heavy atom. The lowest BCUT2D eigenvalue weighted by molar-refractivity contribution is 0.722. The Balaban J connectivity index is 2.66. The van der Waals surface area contributed by atoms with E-state index in [0.29, 0.717) is 5.02 Å². The second-order valence-electron chi connectivity index (χ2n) is 2.65. The van der Waals surface area contributed by atoms with E-state index >= 15 is 0 Å². The lowest BCUT2D eigenvalue weighted by Gasteiger charge is -2.02. The van der Waals surface area contributed by atoms with Crippen LogP contribution in [0.1, 0.15) is 12.6 Å². The van der Waals surface area contributed by atoms with Gasteiger partial charge in [-0.05, 0) is 19.1 Å². The summed E-state index contributed by atoms with van der Waals surface area (Å²) in [5, 5.41) is 0.665. The predicted octanol–water partition coefficient (Wildman–Crippen LogP) is 1.62. The first-order chi connectivity index (χ1) is 5.18. The van der Waals surface area contributed by atoms with E-state index < -0.39 is 0 Å². The molecule has 0 unspecified atom stereocenters. The molecule has 0 aliphatic rings. The molecule has 1 rings (SSSR count). The summed E-state index contributed by atoms with van der Waals surface area (Å²) in [6.45, 7) is 1.95. The average Bonchev–Trinajstić information content (AvgIpc) is 1.93. The number of hydrogen-bond acceptors (Lipinski definition) is 2. The fraction of sp³-hybridized carbons (Fsp3) is 0.375. The SMILES string of the molecule is C[C@@H](N)Cc1ccc(Cl)cn1. The van der Waals surface area contributed by atoms with Gasteiger partial charge in [-0.3, -0.25) is 4.98 Å². The fourth-order valence-corrected chi connectivity index (χ4v) is 0.969. The zero-order valence-electron chi connectivity index (χ0n) is 6.42. The highest BCUT2D eigenvalue weighted by Gasteiger charge is 1.97. The molecule has 0 saturated heterocycles. The van der Waals surface area contributed by atoms with Crippen molar-refractivity contribution in [2.24, 2.45) is 5.73 Å². The third-order valence-corrected chi connectivity index (χ3v) is 1.54. The molecule has 2 N–H and O–H groups in total. The Kier molecular flexibility index (Phi) is 2.85. The van der Waals surface area contributed by atoms with Gasteiger partial charge in [-0.25, -0.2) is 0 Å². The van der Waals surface area contributed by atoms with Crippen LogP contribution in [0.3, 0.4) is 0 Å². The van der Waals surface area contributed by atoms with E-state index in [9.17, 15) is 0 Å². The number of rotatable bonds is 2. The van der Waals surface area contributed by atoms with Gasteiger partial charge < -0.3 is 5.73 Å². The van der Waals surface area contributed by atoms with Crippen molar-refractivity contribution < 1.29 is 0 Å². The highest BCUT2D eigenvalue weighted by atomic mass is 35.5. The van der Waals surface area contributed by atoms with Crippen LogP contribution in [-0.4, -0.2) is 11.0 Å². The van der Waals surface area contributed by atoms with Gasteiger partial charge in [-0.2, -0.15) is 0 Å². The Morgan fingerprint density at radius 1 is 1.64 bits per heavy atom. The van der Waals surface area contributed by atoms with Crippen LogP contribution in [-0.2, 0) is 6.42 Å². The molecule has 0 radical (unpaired) electrons. The summed E-state index contributed by atoms with van der Waals surface area (Å²) >= 11 is 5.65. The maximum atomic E-state index is 5.65. The summed E-state index contributed by atoms with van der Waals surface area (Å²) in [6.07, 6.45) is 2.44. The van der Waals surface area contributed by atoms with Crippen LogP contribution >= 0.6 is 11.6 Å². The van der Waals surface area contributed by atoms with Gasteiger partial charge in [0.15, 0.2) is 0 Å². The van der Waals surface area contributed by atoms with Gasteiger partial charge in [0.2, 0.25) is 0 Å². The van der Waals surface area contributed by atoms with Crippen molar-refractivity contribution in [1.82, 2.24) is 4.98 Å². The molecule has 0 saturated carbocycles. The molecular weight excluding hydrogens is 160 g/mol. The third-order valence-electron chi connectivity index (χ3n) is 1.32. The molecule has 0 aliphatic carbocycles. The maximum absolute atomic E-state index is 5.65. The van der Waals surface area contributed by atoms with Crippen molar-refractivity contribution in [2.45, 2.75) is 19.4 Å². The Labute approximate surface area is 71.4 Å². The third kappa shape index (κ3) is 2.87. The summed E-state index contributed by atoms with van der Waals surface area (Å²) in [7, 11) is 0. The normalized spacial score (nSPS) is 13.0. The van der Waals surface area contributed by atoms with E-state index in [-0.39, 0.29) is 6.04 Å². The van der Waals surface area contributed by atoms with Crippen molar-refractivity contribution in [1.29, 1.82) is 0 Å². The van der Waals surface area contributed by atoms with E-state index in [1.807, 2.05) is 19.1 Å². The zero-order valence-corrected chi connectivity index (χ0v) is 7.17. The topological polar surface area (TPSA) is 38.9 Å². The molecule has 0 aliphatic heterocycles.